The van der Waals surface area contributed by atoms with Crippen LogP contribution in [-0.4, -0.2) is 42.8 Å². The van der Waals surface area contributed by atoms with Gasteiger partial charge in [0.15, 0.2) is 4.96 Å². The summed E-state index contributed by atoms with van der Waals surface area (Å²) in [5.74, 6) is 0.108. The van der Waals surface area contributed by atoms with Crippen LogP contribution in [0, 0.1) is 0 Å². The van der Waals surface area contributed by atoms with Gasteiger partial charge in [0.1, 0.15) is 12.6 Å². The number of carbonyl (C=O) groups is 2. The third-order valence-corrected chi connectivity index (χ3v) is 6.70. The lowest BCUT2D eigenvalue weighted by atomic mass is 10.2. The van der Waals surface area contributed by atoms with Crippen LogP contribution in [0.2, 0.25) is 0 Å². The van der Waals surface area contributed by atoms with E-state index in [2.05, 4.69) is 4.98 Å². The first-order valence-electron chi connectivity index (χ1n) is 7.56. The predicted molar refractivity (Wildman–Crippen MR) is 89.9 cm³/mol. The summed E-state index contributed by atoms with van der Waals surface area (Å²) in [4.78, 5) is 42.6. The maximum absolute atomic E-state index is 12.4. The molecule has 2 fully saturated rings. The minimum atomic E-state index is -0.554. The summed E-state index contributed by atoms with van der Waals surface area (Å²) in [5, 5.41) is 1.77. The Hall–Kier alpha value is -1.87. The van der Waals surface area contributed by atoms with Crippen LogP contribution in [0.3, 0.4) is 0 Å². The zero-order valence-electron chi connectivity index (χ0n) is 12.9. The Morgan fingerprint density at radius 3 is 3.17 bits per heavy atom. The number of thioether (sulfide) groups is 1. The molecule has 2 saturated heterocycles. The molecule has 0 N–H and O–H groups in total. The van der Waals surface area contributed by atoms with E-state index in [9.17, 15) is 14.4 Å². The summed E-state index contributed by atoms with van der Waals surface area (Å²) in [7, 11) is 0. The average molecular weight is 365 g/mol. The molecule has 0 radical (unpaired) electrons. The molecule has 0 saturated carbocycles. The lowest BCUT2D eigenvalue weighted by molar-refractivity contribution is -0.154. The largest absolute Gasteiger partial charge is 0.458 e. The number of fused-ring (bicyclic) bond motifs is 2. The summed E-state index contributed by atoms with van der Waals surface area (Å²) in [6, 6.07) is 0.809. The molecule has 0 spiro atoms. The SMILES string of the molecule is C[C@]12CCC(=O)N1[C@@H](C(=O)OCc1cc(=O)n3ccsc3n1)CS2. The number of hydrogen-bond acceptors (Lipinski definition) is 7. The van der Waals surface area contributed by atoms with Crippen LogP contribution in [0.1, 0.15) is 25.5 Å². The van der Waals surface area contributed by atoms with E-state index in [0.717, 1.165) is 6.42 Å². The molecule has 4 heterocycles. The zero-order chi connectivity index (χ0) is 16.9. The average Bonchev–Trinajstić information content (AvgIpc) is 3.21. The van der Waals surface area contributed by atoms with Crippen LogP contribution in [0.15, 0.2) is 22.4 Å². The molecule has 2 aromatic heterocycles. The van der Waals surface area contributed by atoms with Crippen molar-refractivity contribution < 1.29 is 14.3 Å². The summed E-state index contributed by atoms with van der Waals surface area (Å²) in [6.45, 7) is 1.92. The number of amides is 1. The van der Waals surface area contributed by atoms with E-state index in [1.165, 1.54) is 21.8 Å². The molecule has 0 unspecified atom stereocenters. The van der Waals surface area contributed by atoms with Crippen molar-refractivity contribution in [3.63, 3.8) is 0 Å². The van der Waals surface area contributed by atoms with Gasteiger partial charge in [-0.3, -0.25) is 14.0 Å². The number of thiazole rings is 1. The number of nitrogens with zero attached hydrogens (tertiary/aromatic N) is 3. The highest BCUT2D eigenvalue weighted by Gasteiger charge is 2.53. The van der Waals surface area contributed by atoms with Gasteiger partial charge in [-0.1, -0.05) is 0 Å². The number of hydrogen-bond donors (Lipinski definition) is 0. The molecule has 126 valence electrons. The minimum Gasteiger partial charge on any atom is -0.458 e. The summed E-state index contributed by atoms with van der Waals surface area (Å²) >= 11 is 2.96. The van der Waals surface area contributed by atoms with Gasteiger partial charge in [-0.2, -0.15) is 0 Å². The van der Waals surface area contributed by atoms with Gasteiger partial charge in [0.05, 0.1) is 10.6 Å². The van der Waals surface area contributed by atoms with Gasteiger partial charge < -0.3 is 9.64 Å². The van der Waals surface area contributed by atoms with Gasteiger partial charge in [-0.15, -0.1) is 23.1 Å². The predicted octanol–water partition coefficient (Wildman–Crippen LogP) is 1.25. The van der Waals surface area contributed by atoms with Crippen molar-refractivity contribution in [3.05, 3.63) is 33.7 Å². The van der Waals surface area contributed by atoms with Crippen molar-refractivity contribution in [3.8, 4) is 0 Å². The first-order valence-corrected chi connectivity index (χ1v) is 9.43. The Balaban J connectivity index is 1.48. The van der Waals surface area contributed by atoms with Gasteiger partial charge in [-0.05, 0) is 13.3 Å². The number of esters is 1. The smallest absolute Gasteiger partial charge is 0.330 e. The van der Waals surface area contributed by atoms with Crippen molar-refractivity contribution >= 4 is 39.9 Å². The number of aromatic nitrogens is 2. The maximum Gasteiger partial charge on any atom is 0.330 e. The second-order valence-electron chi connectivity index (χ2n) is 6.01. The fraction of sp³-hybridized carbons (Fsp3) is 0.467. The van der Waals surface area contributed by atoms with Gasteiger partial charge in [-0.25, -0.2) is 9.78 Å². The Kier molecular flexibility index (Phi) is 3.65. The molecule has 24 heavy (non-hydrogen) atoms. The van der Waals surface area contributed by atoms with Crippen LogP contribution in [0.4, 0.5) is 0 Å². The number of carbonyl (C=O) groups excluding carboxylic acids is 2. The molecule has 0 bridgehead atoms. The van der Waals surface area contributed by atoms with Crippen LogP contribution in [0.25, 0.3) is 4.96 Å². The quantitative estimate of drug-likeness (QED) is 0.762. The van der Waals surface area contributed by atoms with Gasteiger partial charge in [0, 0.05) is 29.8 Å². The first kappa shape index (κ1) is 15.6. The van der Waals surface area contributed by atoms with Crippen molar-refractivity contribution in [2.75, 3.05) is 5.75 Å². The van der Waals surface area contributed by atoms with E-state index in [4.69, 9.17) is 4.74 Å². The minimum absolute atomic E-state index is 0.000764. The van der Waals surface area contributed by atoms with E-state index >= 15 is 0 Å². The molecular weight excluding hydrogens is 350 g/mol. The molecule has 2 aliphatic heterocycles. The standard InChI is InChI=1S/C15H15N3O4S2/c1-15-3-2-11(19)18(15)10(8-24-15)13(21)22-7-9-6-12(20)17-4-5-23-14(17)16-9/h4-6,10H,2-3,7-8H2,1H3/t10-,15+/m1/s1. The van der Waals surface area contributed by atoms with Crippen LogP contribution in [-0.2, 0) is 20.9 Å². The molecular formula is C15H15N3O4S2. The molecule has 7 nitrogen and oxygen atoms in total. The Bertz CT molecular complexity index is 892. The van der Waals surface area contributed by atoms with E-state index in [0.29, 0.717) is 22.8 Å². The fourth-order valence-corrected chi connectivity index (χ4v) is 5.35. The molecule has 0 aliphatic carbocycles. The van der Waals surface area contributed by atoms with E-state index < -0.39 is 12.0 Å². The Labute approximate surface area is 145 Å². The van der Waals surface area contributed by atoms with E-state index in [1.807, 2.05) is 6.92 Å². The van der Waals surface area contributed by atoms with Crippen LogP contribution >= 0.6 is 23.1 Å². The molecule has 2 aliphatic rings. The lowest BCUT2D eigenvalue weighted by Crippen LogP contribution is -2.46. The molecule has 4 rings (SSSR count). The lowest BCUT2D eigenvalue weighted by Gasteiger charge is -2.29. The fourth-order valence-electron chi connectivity index (χ4n) is 3.20. The first-order chi connectivity index (χ1) is 11.5. The summed E-state index contributed by atoms with van der Waals surface area (Å²) < 4.78 is 6.78. The third kappa shape index (κ3) is 2.42. The highest BCUT2D eigenvalue weighted by Crippen LogP contribution is 2.47. The second kappa shape index (κ2) is 5.59. The summed E-state index contributed by atoms with van der Waals surface area (Å²) in [6.07, 6.45) is 2.88. The van der Waals surface area contributed by atoms with Crippen molar-refractivity contribution in [1.29, 1.82) is 0 Å². The zero-order valence-corrected chi connectivity index (χ0v) is 14.6. The highest BCUT2D eigenvalue weighted by molar-refractivity contribution is 8.01. The van der Waals surface area contributed by atoms with Gasteiger partial charge in [0.25, 0.3) is 5.56 Å². The van der Waals surface area contributed by atoms with Crippen molar-refractivity contribution in [1.82, 2.24) is 14.3 Å². The van der Waals surface area contributed by atoms with Gasteiger partial charge in [0.2, 0.25) is 5.91 Å². The summed E-state index contributed by atoms with van der Waals surface area (Å²) in [5.41, 5.74) is 0.211. The topological polar surface area (TPSA) is 81.0 Å². The van der Waals surface area contributed by atoms with Crippen molar-refractivity contribution in [2.24, 2.45) is 0 Å². The third-order valence-electron chi connectivity index (χ3n) is 4.44. The number of ether oxygens (including phenoxy) is 1. The van der Waals surface area contributed by atoms with E-state index in [1.54, 1.807) is 28.2 Å². The van der Waals surface area contributed by atoms with E-state index in [-0.39, 0.29) is 22.9 Å². The normalized spacial score (nSPS) is 26.1. The molecule has 2 atom stereocenters. The molecule has 1 amide bonds. The second-order valence-corrected chi connectivity index (χ2v) is 8.39. The number of rotatable bonds is 3. The Morgan fingerprint density at radius 2 is 2.33 bits per heavy atom. The monoisotopic (exact) mass is 365 g/mol. The maximum atomic E-state index is 12.4. The molecule has 0 aromatic carbocycles. The van der Waals surface area contributed by atoms with Crippen LogP contribution in [0.5, 0.6) is 0 Å². The molecule has 2 aromatic rings. The van der Waals surface area contributed by atoms with Crippen molar-refractivity contribution in [2.45, 2.75) is 37.3 Å². The van der Waals surface area contributed by atoms with Crippen LogP contribution < -0.4 is 5.56 Å². The highest BCUT2D eigenvalue weighted by atomic mass is 32.2. The van der Waals surface area contributed by atoms with Gasteiger partial charge >= 0.3 is 5.97 Å². The Morgan fingerprint density at radius 1 is 1.50 bits per heavy atom. The molecule has 9 heteroatoms.